The smallest absolute Gasteiger partial charge is 0.0897 e. The third-order valence-corrected chi connectivity index (χ3v) is 3.53. The quantitative estimate of drug-likeness (QED) is 0.725. The summed E-state index contributed by atoms with van der Waals surface area (Å²) in [5.41, 5.74) is 0. The van der Waals surface area contributed by atoms with Crippen molar-refractivity contribution in [2.75, 3.05) is 24.7 Å². The molecule has 0 aliphatic carbocycles. The molecule has 1 saturated heterocycles. The Bertz CT molecular complexity index is 161. The highest BCUT2D eigenvalue weighted by Gasteiger charge is 2.14. The SMILES string of the molecule is CC(C)OCC(O)CNC1CCSCC1. The van der Waals surface area contributed by atoms with E-state index < -0.39 is 0 Å². The molecule has 2 N–H and O–H groups in total. The highest BCUT2D eigenvalue weighted by atomic mass is 32.2. The fourth-order valence-corrected chi connectivity index (χ4v) is 2.67. The summed E-state index contributed by atoms with van der Waals surface area (Å²) in [6.45, 7) is 5.06. The Morgan fingerprint density at radius 1 is 1.40 bits per heavy atom. The summed E-state index contributed by atoms with van der Waals surface area (Å²) < 4.78 is 5.35. The molecule has 15 heavy (non-hydrogen) atoms. The number of nitrogens with one attached hydrogen (secondary N) is 1. The average Bonchev–Trinajstić information content (AvgIpc) is 2.25. The topological polar surface area (TPSA) is 41.5 Å². The molecule has 0 spiro atoms. The van der Waals surface area contributed by atoms with Crippen LogP contribution in [0.4, 0.5) is 0 Å². The molecule has 0 aromatic rings. The third-order valence-electron chi connectivity index (χ3n) is 2.49. The Balaban J connectivity index is 2.02. The van der Waals surface area contributed by atoms with Crippen molar-refractivity contribution >= 4 is 11.8 Å². The zero-order valence-corrected chi connectivity index (χ0v) is 10.6. The number of thioether (sulfide) groups is 1. The van der Waals surface area contributed by atoms with Crippen LogP contribution in [0.1, 0.15) is 26.7 Å². The van der Waals surface area contributed by atoms with Crippen LogP contribution in [0, 0.1) is 0 Å². The lowest BCUT2D eigenvalue weighted by molar-refractivity contribution is 0.00536. The lowest BCUT2D eigenvalue weighted by Crippen LogP contribution is -2.39. The van der Waals surface area contributed by atoms with E-state index in [2.05, 4.69) is 5.32 Å². The van der Waals surface area contributed by atoms with E-state index in [0.717, 1.165) is 0 Å². The van der Waals surface area contributed by atoms with Crippen molar-refractivity contribution in [3.8, 4) is 0 Å². The second-order valence-corrected chi connectivity index (χ2v) is 5.56. The van der Waals surface area contributed by atoms with E-state index in [1.54, 1.807) is 0 Å². The first kappa shape index (κ1) is 13.3. The second-order valence-electron chi connectivity index (χ2n) is 4.33. The lowest BCUT2D eigenvalue weighted by atomic mass is 10.1. The first-order valence-corrected chi connectivity index (χ1v) is 6.94. The number of hydrogen-bond acceptors (Lipinski definition) is 4. The molecular weight excluding hydrogens is 210 g/mol. The van der Waals surface area contributed by atoms with Gasteiger partial charge in [-0.15, -0.1) is 0 Å². The Hall–Kier alpha value is 0.230. The maximum absolute atomic E-state index is 9.64. The molecule has 0 aromatic heterocycles. The molecule has 1 heterocycles. The van der Waals surface area contributed by atoms with E-state index in [-0.39, 0.29) is 12.2 Å². The van der Waals surface area contributed by atoms with Gasteiger partial charge in [0.15, 0.2) is 0 Å². The highest BCUT2D eigenvalue weighted by Crippen LogP contribution is 2.16. The molecular formula is C11H23NO2S. The van der Waals surface area contributed by atoms with Gasteiger partial charge in [-0.25, -0.2) is 0 Å². The Kier molecular flexibility index (Phi) is 6.64. The molecule has 90 valence electrons. The van der Waals surface area contributed by atoms with Crippen LogP contribution in [-0.4, -0.2) is 48.0 Å². The van der Waals surface area contributed by atoms with Gasteiger partial charge in [-0.1, -0.05) is 0 Å². The molecule has 0 aromatic carbocycles. The van der Waals surface area contributed by atoms with Gasteiger partial charge in [0.2, 0.25) is 0 Å². The largest absolute Gasteiger partial charge is 0.389 e. The summed E-state index contributed by atoms with van der Waals surface area (Å²) in [6, 6.07) is 0.597. The van der Waals surface area contributed by atoms with Crippen molar-refractivity contribution in [1.82, 2.24) is 5.32 Å². The van der Waals surface area contributed by atoms with Crippen LogP contribution >= 0.6 is 11.8 Å². The first-order chi connectivity index (χ1) is 7.18. The Morgan fingerprint density at radius 3 is 2.67 bits per heavy atom. The minimum atomic E-state index is -0.373. The number of aliphatic hydroxyl groups excluding tert-OH is 1. The maximum Gasteiger partial charge on any atom is 0.0897 e. The minimum Gasteiger partial charge on any atom is -0.389 e. The maximum atomic E-state index is 9.64. The molecule has 0 bridgehead atoms. The number of hydrogen-bond donors (Lipinski definition) is 2. The van der Waals surface area contributed by atoms with Gasteiger partial charge in [0, 0.05) is 12.6 Å². The summed E-state index contributed by atoms with van der Waals surface area (Å²) in [7, 11) is 0. The summed E-state index contributed by atoms with van der Waals surface area (Å²) in [4.78, 5) is 0. The van der Waals surface area contributed by atoms with E-state index in [9.17, 15) is 5.11 Å². The number of aliphatic hydroxyl groups is 1. The second kappa shape index (κ2) is 7.49. The van der Waals surface area contributed by atoms with Crippen molar-refractivity contribution in [3.05, 3.63) is 0 Å². The summed E-state index contributed by atoms with van der Waals surface area (Å²) >= 11 is 2.02. The fourth-order valence-electron chi connectivity index (χ4n) is 1.57. The molecule has 1 fully saturated rings. The van der Waals surface area contributed by atoms with Gasteiger partial charge in [-0.3, -0.25) is 0 Å². The lowest BCUT2D eigenvalue weighted by Gasteiger charge is -2.24. The van der Waals surface area contributed by atoms with Crippen LogP contribution < -0.4 is 5.32 Å². The van der Waals surface area contributed by atoms with E-state index in [4.69, 9.17) is 4.74 Å². The monoisotopic (exact) mass is 233 g/mol. The number of rotatable bonds is 6. The van der Waals surface area contributed by atoms with Gasteiger partial charge >= 0.3 is 0 Å². The molecule has 0 radical (unpaired) electrons. The zero-order chi connectivity index (χ0) is 11.1. The normalized spacial score (nSPS) is 20.8. The molecule has 0 amide bonds. The predicted molar refractivity (Wildman–Crippen MR) is 65.4 cm³/mol. The van der Waals surface area contributed by atoms with Crippen molar-refractivity contribution in [3.63, 3.8) is 0 Å². The van der Waals surface area contributed by atoms with Gasteiger partial charge in [0.25, 0.3) is 0 Å². The minimum absolute atomic E-state index is 0.200. The van der Waals surface area contributed by atoms with E-state index >= 15 is 0 Å². The van der Waals surface area contributed by atoms with Crippen LogP contribution in [0.15, 0.2) is 0 Å². The molecule has 3 nitrogen and oxygen atoms in total. The zero-order valence-electron chi connectivity index (χ0n) is 9.74. The van der Waals surface area contributed by atoms with Gasteiger partial charge in [-0.2, -0.15) is 11.8 Å². The van der Waals surface area contributed by atoms with E-state index in [1.807, 2.05) is 25.6 Å². The average molecular weight is 233 g/mol. The van der Waals surface area contributed by atoms with Crippen molar-refractivity contribution in [2.45, 2.75) is 44.9 Å². The van der Waals surface area contributed by atoms with Crippen LogP contribution in [0.25, 0.3) is 0 Å². The molecule has 1 rings (SSSR count). The van der Waals surface area contributed by atoms with Crippen LogP contribution in [0.2, 0.25) is 0 Å². The summed E-state index contributed by atoms with van der Waals surface area (Å²) in [5.74, 6) is 2.49. The van der Waals surface area contributed by atoms with Gasteiger partial charge < -0.3 is 15.2 Å². The van der Waals surface area contributed by atoms with Gasteiger partial charge in [0.05, 0.1) is 18.8 Å². The standard InChI is InChI=1S/C11H23NO2S/c1-9(2)14-8-11(13)7-12-10-3-5-15-6-4-10/h9-13H,3-8H2,1-2H3. The highest BCUT2D eigenvalue weighted by molar-refractivity contribution is 7.99. The van der Waals surface area contributed by atoms with E-state index in [1.165, 1.54) is 24.3 Å². The Labute approximate surface area is 97.0 Å². The van der Waals surface area contributed by atoms with Gasteiger partial charge in [0.1, 0.15) is 0 Å². The number of ether oxygens (including phenoxy) is 1. The van der Waals surface area contributed by atoms with Crippen LogP contribution in [0.5, 0.6) is 0 Å². The predicted octanol–water partition coefficient (Wildman–Crippen LogP) is 1.26. The summed E-state index contributed by atoms with van der Waals surface area (Å²) in [6.07, 6.45) is 2.28. The molecule has 1 aliphatic heterocycles. The summed E-state index contributed by atoms with van der Waals surface area (Å²) in [5, 5.41) is 13.0. The molecule has 4 heteroatoms. The Morgan fingerprint density at radius 2 is 2.07 bits per heavy atom. The van der Waals surface area contributed by atoms with E-state index in [0.29, 0.717) is 19.2 Å². The molecule has 0 saturated carbocycles. The van der Waals surface area contributed by atoms with Crippen LogP contribution in [-0.2, 0) is 4.74 Å². The molecule has 1 unspecified atom stereocenters. The molecule has 1 aliphatic rings. The van der Waals surface area contributed by atoms with Crippen molar-refractivity contribution < 1.29 is 9.84 Å². The fraction of sp³-hybridized carbons (Fsp3) is 1.00. The van der Waals surface area contributed by atoms with Crippen molar-refractivity contribution in [2.24, 2.45) is 0 Å². The van der Waals surface area contributed by atoms with Crippen molar-refractivity contribution in [1.29, 1.82) is 0 Å². The third kappa shape index (κ3) is 6.40. The van der Waals surface area contributed by atoms with Gasteiger partial charge in [-0.05, 0) is 38.2 Å². The molecule has 1 atom stereocenters. The first-order valence-electron chi connectivity index (χ1n) is 5.79. The van der Waals surface area contributed by atoms with Crippen LogP contribution in [0.3, 0.4) is 0 Å².